The first-order chi connectivity index (χ1) is 7.22. The molecule has 0 saturated heterocycles. The lowest BCUT2D eigenvalue weighted by atomic mass is 10.1. The maximum Gasteiger partial charge on any atom is 0.170 e. The van der Waals surface area contributed by atoms with Gasteiger partial charge in [-0.2, -0.15) is 0 Å². The highest BCUT2D eigenvalue weighted by Crippen LogP contribution is 2.26. The van der Waals surface area contributed by atoms with Crippen LogP contribution in [-0.2, 0) is 5.88 Å². The molecule has 0 radical (unpaired) electrons. The van der Waals surface area contributed by atoms with Crippen molar-refractivity contribution in [2.24, 2.45) is 0 Å². The number of nitrogens with zero attached hydrogens (tertiary/aromatic N) is 1. The fourth-order valence-electron chi connectivity index (χ4n) is 1.36. The first-order valence-corrected chi connectivity index (χ1v) is 5.03. The minimum Gasteiger partial charge on any atom is -0.356 e. The van der Waals surface area contributed by atoms with Crippen molar-refractivity contribution in [1.29, 1.82) is 0 Å². The molecule has 0 aliphatic heterocycles. The molecule has 2 aromatic rings. The molecule has 2 rings (SSSR count). The number of rotatable bonds is 2. The molecule has 0 bridgehead atoms. The minimum absolute atomic E-state index is 0.270. The largest absolute Gasteiger partial charge is 0.356 e. The third kappa shape index (κ3) is 1.88. The fourth-order valence-corrected chi connectivity index (χ4v) is 1.61. The Balaban J connectivity index is 2.45. The zero-order valence-electron chi connectivity index (χ0n) is 8.13. The summed E-state index contributed by atoms with van der Waals surface area (Å²) in [6.07, 6.45) is 0. The summed E-state index contributed by atoms with van der Waals surface area (Å²) in [4.78, 5) is 0. The fraction of sp³-hybridized carbons (Fsp3) is 0.182. The Morgan fingerprint density at radius 1 is 1.33 bits per heavy atom. The van der Waals surface area contributed by atoms with Crippen molar-refractivity contribution in [3.8, 4) is 11.3 Å². The standard InChI is InChI=1S/C11H9ClFNO/c1-7-10(6-12)14-15-11(7)8-2-4-9(13)5-3-8/h2-5H,6H2,1H3. The van der Waals surface area contributed by atoms with E-state index < -0.39 is 0 Å². The van der Waals surface area contributed by atoms with Gasteiger partial charge in [-0.3, -0.25) is 0 Å². The van der Waals surface area contributed by atoms with E-state index in [-0.39, 0.29) is 5.82 Å². The highest BCUT2D eigenvalue weighted by molar-refractivity contribution is 6.17. The lowest BCUT2D eigenvalue weighted by Gasteiger charge is -1.96. The smallest absolute Gasteiger partial charge is 0.170 e. The van der Waals surface area contributed by atoms with Gasteiger partial charge < -0.3 is 4.52 Å². The Kier molecular flexibility index (Phi) is 2.73. The average molecular weight is 226 g/mol. The molecule has 0 aliphatic carbocycles. The van der Waals surface area contributed by atoms with Crippen LogP contribution in [0.1, 0.15) is 11.3 Å². The number of benzene rings is 1. The van der Waals surface area contributed by atoms with Crippen molar-refractivity contribution in [3.63, 3.8) is 0 Å². The topological polar surface area (TPSA) is 26.0 Å². The maximum atomic E-state index is 12.7. The molecule has 1 aromatic heterocycles. The van der Waals surface area contributed by atoms with Gasteiger partial charge in [-0.25, -0.2) is 4.39 Å². The second-order valence-corrected chi connectivity index (χ2v) is 3.49. The van der Waals surface area contributed by atoms with Gasteiger partial charge in [-0.15, -0.1) is 11.6 Å². The summed E-state index contributed by atoms with van der Waals surface area (Å²) in [5.41, 5.74) is 2.42. The van der Waals surface area contributed by atoms with Crippen molar-refractivity contribution in [3.05, 3.63) is 41.3 Å². The third-order valence-corrected chi connectivity index (χ3v) is 2.51. The molecule has 2 nitrogen and oxygen atoms in total. The summed E-state index contributed by atoms with van der Waals surface area (Å²) in [6, 6.07) is 6.08. The predicted octanol–water partition coefficient (Wildman–Crippen LogP) is 3.53. The Morgan fingerprint density at radius 2 is 2.00 bits per heavy atom. The van der Waals surface area contributed by atoms with E-state index in [1.165, 1.54) is 12.1 Å². The predicted molar refractivity (Wildman–Crippen MR) is 56.2 cm³/mol. The van der Waals surface area contributed by atoms with Crippen molar-refractivity contribution >= 4 is 11.6 Å². The van der Waals surface area contributed by atoms with Crippen LogP contribution in [0.4, 0.5) is 4.39 Å². The number of halogens is 2. The Hall–Kier alpha value is -1.35. The molecular weight excluding hydrogens is 217 g/mol. The van der Waals surface area contributed by atoms with Gasteiger partial charge >= 0.3 is 0 Å². The van der Waals surface area contributed by atoms with Crippen LogP contribution in [0, 0.1) is 12.7 Å². The van der Waals surface area contributed by atoms with Gasteiger partial charge in [-0.05, 0) is 31.2 Å². The van der Waals surface area contributed by atoms with Crippen LogP contribution >= 0.6 is 11.6 Å². The van der Waals surface area contributed by atoms with Crippen molar-refractivity contribution in [1.82, 2.24) is 5.16 Å². The second kappa shape index (κ2) is 4.03. The lowest BCUT2D eigenvalue weighted by molar-refractivity contribution is 0.426. The molecule has 78 valence electrons. The van der Waals surface area contributed by atoms with Gasteiger partial charge in [-0.1, -0.05) is 5.16 Å². The first-order valence-electron chi connectivity index (χ1n) is 4.49. The van der Waals surface area contributed by atoms with Crippen molar-refractivity contribution in [2.75, 3.05) is 0 Å². The molecular formula is C11H9ClFNO. The highest BCUT2D eigenvalue weighted by atomic mass is 35.5. The first kappa shape index (κ1) is 10.2. The number of hydrogen-bond donors (Lipinski definition) is 0. The summed E-state index contributed by atoms with van der Waals surface area (Å²) >= 11 is 5.68. The van der Waals surface area contributed by atoms with Gasteiger partial charge in [0.1, 0.15) is 11.5 Å². The molecule has 4 heteroatoms. The molecule has 1 aromatic carbocycles. The molecule has 0 fully saturated rings. The van der Waals surface area contributed by atoms with E-state index in [9.17, 15) is 4.39 Å². The van der Waals surface area contributed by atoms with Crippen LogP contribution in [0.15, 0.2) is 28.8 Å². The third-order valence-electron chi connectivity index (χ3n) is 2.25. The van der Waals surface area contributed by atoms with E-state index in [1.807, 2.05) is 6.92 Å². The van der Waals surface area contributed by atoms with Crippen LogP contribution in [0.2, 0.25) is 0 Å². The molecule has 0 saturated carbocycles. The molecule has 1 heterocycles. The van der Waals surface area contributed by atoms with Crippen LogP contribution in [-0.4, -0.2) is 5.16 Å². The summed E-state index contributed by atoms with van der Waals surface area (Å²) in [5, 5.41) is 3.83. The summed E-state index contributed by atoms with van der Waals surface area (Å²) < 4.78 is 17.9. The molecule has 0 aliphatic rings. The SMILES string of the molecule is Cc1c(CCl)noc1-c1ccc(F)cc1. The van der Waals surface area contributed by atoms with E-state index in [0.717, 1.165) is 16.8 Å². The molecule has 0 unspecified atom stereocenters. The van der Waals surface area contributed by atoms with Gasteiger partial charge in [0.2, 0.25) is 0 Å². The normalized spacial score (nSPS) is 10.6. The van der Waals surface area contributed by atoms with Crippen LogP contribution in [0.25, 0.3) is 11.3 Å². The van der Waals surface area contributed by atoms with Crippen LogP contribution in [0.5, 0.6) is 0 Å². The van der Waals surface area contributed by atoms with Gasteiger partial charge in [0, 0.05) is 11.1 Å². The van der Waals surface area contributed by atoms with E-state index in [1.54, 1.807) is 12.1 Å². The quantitative estimate of drug-likeness (QED) is 0.731. The van der Waals surface area contributed by atoms with Gasteiger partial charge in [0.05, 0.1) is 5.88 Å². The summed E-state index contributed by atoms with van der Waals surface area (Å²) in [7, 11) is 0. The van der Waals surface area contributed by atoms with Gasteiger partial charge in [0.25, 0.3) is 0 Å². The second-order valence-electron chi connectivity index (χ2n) is 3.22. The van der Waals surface area contributed by atoms with E-state index in [0.29, 0.717) is 11.6 Å². The average Bonchev–Trinajstić information content (AvgIpc) is 2.61. The van der Waals surface area contributed by atoms with E-state index >= 15 is 0 Å². The minimum atomic E-state index is -0.270. The molecule has 15 heavy (non-hydrogen) atoms. The Labute approximate surface area is 91.7 Å². The zero-order chi connectivity index (χ0) is 10.8. The molecule has 0 amide bonds. The zero-order valence-corrected chi connectivity index (χ0v) is 8.88. The van der Waals surface area contributed by atoms with Crippen molar-refractivity contribution < 1.29 is 8.91 Å². The monoisotopic (exact) mass is 225 g/mol. The van der Waals surface area contributed by atoms with E-state index in [4.69, 9.17) is 16.1 Å². The number of alkyl halides is 1. The lowest BCUT2D eigenvalue weighted by Crippen LogP contribution is -1.82. The van der Waals surface area contributed by atoms with Crippen LogP contribution in [0.3, 0.4) is 0 Å². The maximum absolute atomic E-state index is 12.7. The molecule has 0 spiro atoms. The van der Waals surface area contributed by atoms with E-state index in [2.05, 4.69) is 5.16 Å². The molecule has 0 N–H and O–H groups in total. The number of hydrogen-bond acceptors (Lipinski definition) is 2. The summed E-state index contributed by atoms with van der Waals surface area (Å²) in [5.74, 6) is 0.690. The molecule has 0 atom stereocenters. The Morgan fingerprint density at radius 3 is 2.53 bits per heavy atom. The van der Waals surface area contributed by atoms with Crippen molar-refractivity contribution in [2.45, 2.75) is 12.8 Å². The van der Waals surface area contributed by atoms with Crippen LogP contribution < -0.4 is 0 Å². The summed E-state index contributed by atoms with van der Waals surface area (Å²) in [6.45, 7) is 1.88. The Bertz CT molecular complexity index is 464. The van der Waals surface area contributed by atoms with Gasteiger partial charge in [0.15, 0.2) is 5.76 Å². The number of aromatic nitrogens is 1. The highest BCUT2D eigenvalue weighted by Gasteiger charge is 2.12.